The fraction of sp³-hybridized carbons (Fsp3) is 0.688. The average Bonchev–Trinajstić information content (AvgIpc) is 2.41. The molecule has 2 heterocycles. The summed E-state index contributed by atoms with van der Waals surface area (Å²) >= 11 is 6.25. The van der Waals surface area contributed by atoms with Gasteiger partial charge in [-0.3, -0.25) is 0 Å². The lowest BCUT2D eigenvalue weighted by atomic mass is 10.1. The average molecular weight is 296 g/mol. The molecule has 20 heavy (non-hydrogen) atoms. The van der Waals surface area contributed by atoms with Crippen LogP contribution in [-0.2, 0) is 6.54 Å². The molecule has 0 unspecified atom stereocenters. The van der Waals surface area contributed by atoms with Crippen LogP contribution in [0.5, 0.6) is 0 Å². The molecule has 1 aliphatic heterocycles. The van der Waals surface area contributed by atoms with Gasteiger partial charge in [-0.15, -0.1) is 0 Å². The van der Waals surface area contributed by atoms with Crippen molar-refractivity contribution in [2.45, 2.75) is 52.0 Å². The van der Waals surface area contributed by atoms with E-state index in [0.717, 1.165) is 49.0 Å². The van der Waals surface area contributed by atoms with Gasteiger partial charge in [0.1, 0.15) is 5.82 Å². The van der Waals surface area contributed by atoms with E-state index in [1.165, 1.54) is 32.1 Å². The predicted molar refractivity (Wildman–Crippen MR) is 86.5 cm³/mol. The number of halogens is 1. The summed E-state index contributed by atoms with van der Waals surface area (Å²) in [5.74, 6) is 1.09. The summed E-state index contributed by atoms with van der Waals surface area (Å²) in [6.07, 6.45) is 9.56. The molecule has 2 rings (SSSR count). The Bertz CT molecular complexity index is 401. The van der Waals surface area contributed by atoms with Crippen LogP contribution in [0.1, 0.15) is 51.0 Å². The molecular formula is C16H26ClN3. The van der Waals surface area contributed by atoms with Gasteiger partial charge in [0.15, 0.2) is 0 Å². The van der Waals surface area contributed by atoms with Gasteiger partial charge in [-0.25, -0.2) is 4.98 Å². The quantitative estimate of drug-likeness (QED) is 0.832. The minimum Gasteiger partial charge on any atom is -0.357 e. The number of hydrogen-bond donors (Lipinski definition) is 1. The molecule has 0 aliphatic carbocycles. The van der Waals surface area contributed by atoms with Crippen molar-refractivity contribution < 1.29 is 0 Å². The van der Waals surface area contributed by atoms with Gasteiger partial charge >= 0.3 is 0 Å². The maximum Gasteiger partial charge on any atom is 0.128 e. The number of anilines is 1. The number of rotatable bonds is 5. The Morgan fingerprint density at radius 3 is 2.60 bits per heavy atom. The minimum atomic E-state index is 0.768. The van der Waals surface area contributed by atoms with Gasteiger partial charge in [0, 0.05) is 25.8 Å². The van der Waals surface area contributed by atoms with Crippen molar-refractivity contribution in [3.8, 4) is 0 Å². The first kappa shape index (κ1) is 15.6. The second-order valence-corrected chi connectivity index (χ2v) is 5.97. The Kier molecular flexibility index (Phi) is 6.61. The SMILES string of the molecule is CCCNCc1cc(N2CCCCCCC2)ncc1Cl. The zero-order valence-electron chi connectivity index (χ0n) is 12.5. The highest BCUT2D eigenvalue weighted by molar-refractivity contribution is 6.31. The van der Waals surface area contributed by atoms with E-state index in [9.17, 15) is 0 Å². The zero-order chi connectivity index (χ0) is 14.2. The second kappa shape index (κ2) is 8.48. The first-order chi connectivity index (χ1) is 9.81. The Hall–Kier alpha value is -0.800. The fourth-order valence-corrected chi connectivity index (χ4v) is 2.82. The molecule has 0 atom stereocenters. The van der Waals surface area contributed by atoms with Crippen molar-refractivity contribution in [2.24, 2.45) is 0 Å². The van der Waals surface area contributed by atoms with Crippen LogP contribution < -0.4 is 10.2 Å². The topological polar surface area (TPSA) is 28.2 Å². The second-order valence-electron chi connectivity index (χ2n) is 5.57. The molecule has 0 aromatic carbocycles. The van der Waals surface area contributed by atoms with Crippen LogP contribution in [-0.4, -0.2) is 24.6 Å². The van der Waals surface area contributed by atoms with Crippen molar-refractivity contribution >= 4 is 17.4 Å². The number of aromatic nitrogens is 1. The third-order valence-corrected chi connectivity index (χ3v) is 4.18. The molecule has 4 heteroatoms. The molecule has 0 bridgehead atoms. The summed E-state index contributed by atoms with van der Waals surface area (Å²) in [5.41, 5.74) is 1.16. The smallest absolute Gasteiger partial charge is 0.128 e. The van der Waals surface area contributed by atoms with Crippen LogP contribution >= 0.6 is 11.6 Å². The lowest BCUT2D eigenvalue weighted by Gasteiger charge is -2.26. The normalized spacial score (nSPS) is 16.8. The first-order valence-corrected chi connectivity index (χ1v) is 8.29. The van der Waals surface area contributed by atoms with Crippen molar-refractivity contribution in [2.75, 3.05) is 24.5 Å². The molecule has 1 aromatic heterocycles. The summed E-state index contributed by atoms with van der Waals surface area (Å²) < 4.78 is 0. The third kappa shape index (κ3) is 4.64. The molecule has 112 valence electrons. The third-order valence-electron chi connectivity index (χ3n) is 3.84. The standard InChI is InChI=1S/C16H26ClN3/c1-2-8-18-12-14-11-16(19-13-15(14)17)20-9-6-4-3-5-7-10-20/h11,13,18H,2-10,12H2,1H3. The summed E-state index contributed by atoms with van der Waals surface area (Å²) in [7, 11) is 0. The van der Waals surface area contributed by atoms with E-state index >= 15 is 0 Å². The maximum absolute atomic E-state index is 6.25. The summed E-state index contributed by atoms with van der Waals surface area (Å²) in [6, 6.07) is 2.16. The summed E-state index contributed by atoms with van der Waals surface area (Å²) in [5, 5.41) is 4.18. The Labute approximate surface area is 127 Å². The van der Waals surface area contributed by atoms with Crippen molar-refractivity contribution in [1.29, 1.82) is 0 Å². The van der Waals surface area contributed by atoms with Crippen LogP contribution in [0.4, 0.5) is 5.82 Å². The molecule has 0 saturated carbocycles. The largest absolute Gasteiger partial charge is 0.357 e. The molecule has 1 N–H and O–H groups in total. The zero-order valence-corrected chi connectivity index (χ0v) is 13.3. The lowest BCUT2D eigenvalue weighted by molar-refractivity contribution is 0.553. The highest BCUT2D eigenvalue weighted by Gasteiger charge is 2.12. The van der Waals surface area contributed by atoms with Gasteiger partial charge in [-0.05, 0) is 37.4 Å². The number of nitrogens with zero attached hydrogens (tertiary/aromatic N) is 2. The van der Waals surface area contributed by atoms with E-state index in [0.29, 0.717) is 0 Å². The van der Waals surface area contributed by atoms with Gasteiger partial charge in [0.25, 0.3) is 0 Å². The van der Waals surface area contributed by atoms with Crippen molar-refractivity contribution in [1.82, 2.24) is 10.3 Å². The van der Waals surface area contributed by atoms with Gasteiger partial charge in [-0.1, -0.05) is 37.8 Å². The molecule has 0 radical (unpaired) electrons. The predicted octanol–water partition coefficient (Wildman–Crippen LogP) is 4.01. The molecule has 1 aromatic rings. The Morgan fingerprint density at radius 1 is 1.20 bits per heavy atom. The van der Waals surface area contributed by atoms with Crippen LogP contribution in [0.15, 0.2) is 12.3 Å². The monoisotopic (exact) mass is 295 g/mol. The maximum atomic E-state index is 6.25. The number of pyridine rings is 1. The van der Waals surface area contributed by atoms with E-state index in [2.05, 4.69) is 28.2 Å². The van der Waals surface area contributed by atoms with E-state index in [1.54, 1.807) is 6.20 Å². The molecule has 1 saturated heterocycles. The van der Waals surface area contributed by atoms with Crippen molar-refractivity contribution in [3.63, 3.8) is 0 Å². The van der Waals surface area contributed by atoms with Gasteiger partial charge in [-0.2, -0.15) is 0 Å². The van der Waals surface area contributed by atoms with Crippen LogP contribution in [0.2, 0.25) is 5.02 Å². The van der Waals surface area contributed by atoms with Gasteiger partial charge in [0.2, 0.25) is 0 Å². The first-order valence-electron chi connectivity index (χ1n) is 7.91. The van der Waals surface area contributed by atoms with Gasteiger partial charge < -0.3 is 10.2 Å². The van der Waals surface area contributed by atoms with Crippen LogP contribution in [0, 0.1) is 0 Å². The molecule has 0 spiro atoms. The van der Waals surface area contributed by atoms with E-state index in [-0.39, 0.29) is 0 Å². The molecule has 1 fully saturated rings. The van der Waals surface area contributed by atoms with Crippen molar-refractivity contribution in [3.05, 3.63) is 22.8 Å². The van der Waals surface area contributed by atoms with Crippen LogP contribution in [0.25, 0.3) is 0 Å². The summed E-state index contributed by atoms with van der Waals surface area (Å²) in [6.45, 7) is 6.27. The van der Waals surface area contributed by atoms with E-state index in [1.807, 2.05) is 0 Å². The van der Waals surface area contributed by atoms with E-state index in [4.69, 9.17) is 11.6 Å². The van der Waals surface area contributed by atoms with E-state index < -0.39 is 0 Å². The number of hydrogen-bond acceptors (Lipinski definition) is 3. The summed E-state index contributed by atoms with van der Waals surface area (Å²) in [4.78, 5) is 6.94. The Balaban J connectivity index is 2.04. The Morgan fingerprint density at radius 2 is 1.90 bits per heavy atom. The number of nitrogens with one attached hydrogen (secondary N) is 1. The highest BCUT2D eigenvalue weighted by Crippen LogP contribution is 2.22. The molecular weight excluding hydrogens is 270 g/mol. The van der Waals surface area contributed by atoms with Crippen LogP contribution in [0.3, 0.4) is 0 Å². The molecule has 3 nitrogen and oxygen atoms in total. The highest BCUT2D eigenvalue weighted by atomic mass is 35.5. The molecule has 0 amide bonds. The fourth-order valence-electron chi connectivity index (χ4n) is 2.65. The minimum absolute atomic E-state index is 0.768. The van der Waals surface area contributed by atoms with Gasteiger partial charge in [0.05, 0.1) is 5.02 Å². The molecule has 1 aliphatic rings. The lowest BCUT2D eigenvalue weighted by Crippen LogP contribution is -2.28.